The number of nitrogens with zero attached hydrogens (tertiary/aromatic N) is 3. The van der Waals surface area contributed by atoms with Gasteiger partial charge in [0, 0.05) is 13.2 Å². The highest BCUT2D eigenvalue weighted by molar-refractivity contribution is 4.86. The number of aromatic nitrogens is 3. The van der Waals surface area contributed by atoms with Gasteiger partial charge in [0.25, 0.3) is 0 Å². The lowest BCUT2D eigenvalue weighted by molar-refractivity contribution is 0.0311. The molecule has 1 aromatic heterocycles. The maximum Gasteiger partial charge on any atom is 0.137 e. The zero-order valence-corrected chi connectivity index (χ0v) is 7.69. The van der Waals surface area contributed by atoms with Gasteiger partial charge in [0.15, 0.2) is 0 Å². The van der Waals surface area contributed by atoms with Crippen LogP contribution in [0.15, 0.2) is 12.7 Å². The Hall–Kier alpha value is -0.900. The van der Waals surface area contributed by atoms with E-state index in [1.54, 1.807) is 12.7 Å². The second-order valence-corrected chi connectivity index (χ2v) is 3.92. The Bertz CT molecular complexity index is 248. The lowest BCUT2D eigenvalue weighted by atomic mass is 9.67. The van der Waals surface area contributed by atoms with Crippen molar-refractivity contribution < 1.29 is 5.11 Å². The average Bonchev–Trinajstić information content (AvgIpc) is 2.56. The molecule has 1 aliphatic carbocycles. The van der Waals surface area contributed by atoms with E-state index in [0.29, 0.717) is 6.61 Å². The van der Waals surface area contributed by atoms with Gasteiger partial charge in [-0.2, -0.15) is 5.10 Å². The molecule has 1 fully saturated rings. The second-order valence-electron chi connectivity index (χ2n) is 3.92. The molecule has 0 unspecified atom stereocenters. The van der Waals surface area contributed by atoms with Gasteiger partial charge < -0.3 is 5.11 Å². The fraction of sp³-hybridized carbons (Fsp3) is 0.778. The Morgan fingerprint density at radius 3 is 2.77 bits per heavy atom. The highest BCUT2D eigenvalue weighted by Crippen LogP contribution is 2.43. The summed E-state index contributed by atoms with van der Waals surface area (Å²) in [5.74, 6) is 0. The normalized spacial score (nSPS) is 19.8. The minimum absolute atomic E-state index is 0.200. The molecule has 0 bridgehead atoms. The van der Waals surface area contributed by atoms with Crippen molar-refractivity contribution in [3.05, 3.63) is 12.7 Å². The van der Waals surface area contributed by atoms with Crippen LogP contribution in [0.2, 0.25) is 0 Å². The van der Waals surface area contributed by atoms with Crippen LogP contribution in [-0.2, 0) is 6.54 Å². The first kappa shape index (κ1) is 8.69. The molecule has 1 aromatic rings. The third-order valence-corrected chi connectivity index (χ3v) is 3.09. The molecule has 2 rings (SSSR count). The molecule has 0 spiro atoms. The maximum atomic E-state index is 9.22. The van der Waals surface area contributed by atoms with Crippen LogP contribution in [0.4, 0.5) is 0 Å². The minimum atomic E-state index is 0.200. The summed E-state index contributed by atoms with van der Waals surface area (Å²) in [6.07, 6.45) is 7.89. The van der Waals surface area contributed by atoms with Crippen LogP contribution >= 0.6 is 0 Å². The first-order valence-electron chi connectivity index (χ1n) is 4.78. The molecule has 72 valence electrons. The van der Waals surface area contributed by atoms with Gasteiger partial charge in [-0.25, -0.2) is 4.98 Å². The van der Waals surface area contributed by atoms with Crippen LogP contribution in [0.5, 0.6) is 0 Å². The van der Waals surface area contributed by atoms with Crippen molar-refractivity contribution in [1.82, 2.24) is 14.8 Å². The van der Waals surface area contributed by atoms with Gasteiger partial charge in [-0.05, 0) is 24.7 Å². The first-order valence-corrected chi connectivity index (χ1v) is 4.78. The van der Waals surface area contributed by atoms with Crippen LogP contribution in [0, 0.1) is 5.41 Å². The molecule has 1 N–H and O–H groups in total. The van der Waals surface area contributed by atoms with E-state index in [4.69, 9.17) is 0 Å². The first-order chi connectivity index (χ1) is 6.35. The second kappa shape index (κ2) is 3.46. The van der Waals surface area contributed by atoms with Crippen molar-refractivity contribution in [3.63, 3.8) is 0 Å². The lowest BCUT2D eigenvalue weighted by Crippen LogP contribution is -2.34. The topological polar surface area (TPSA) is 50.9 Å². The Morgan fingerprint density at radius 2 is 2.31 bits per heavy atom. The van der Waals surface area contributed by atoms with Gasteiger partial charge in [0.1, 0.15) is 12.7 Å². The maximum absolute atomic E-state index is 9.22. The van der Waals surface area contributed by atoms with Crippen molar-refractivity contribution in [2.24, 2.45) is 5.41 Å². The number of rotatable bonds is 4. The lowest BCUT2D eigenvalue weighted by Gasteiger charge is -2.40. The quantitative estimate of drug-likeness (QED) is 0.748. The summed E-state index contributed by atoms with van der Waals surface area (Å²) in [6, 6.07) is 0. The molecule has 0 aromatic carbocycles. The average molecular weight is 181 g/mol. The Labute approximate surface area is 77.6 Å². The molecule has 0 radical (unpaired) electrons. The Kier molecular flexibility index (Phi) is 2.31. The van der Waals surface area contributed by atoms with Crippen LogP contribution in [0.25, 0.3) is 0 Å². The van der Waals surface area contributed by atoms with Crippen molar-refractivity contribution >= 4 is 0 Å². The van der Waals surface area contributed by atoms with Gasteiger partial charge in [0.05, 0.1) is 0 Å². The summed E-state index contributed by atoms with van der Waals surface area (Å²) in [7, 11) is 0. The zero-order chi connectivity index (χ0) is 9.15. The third-order valence-electron chi connectivity index (χ3n) is 3.09. The molecule has 0 atom stereocenters. The van der Waals surface area contributed by atoms with Crippen LogP contribution in [-0.4, -0.2) is 26.5 Å². The van der Waals surface area contributed by atoms with Gasteiger partial charge in [-0.1, -0.05) is 6.42 Å². The van der Waals surface area contributed by atoms with Crippen molar-refractivity contribution in [3.8, 4) is 0 Å². The molecule has 1 saturated carbocycles. The molecular formula is C9H15N3O. The number of aliphatic hydroxyl groups is 1. The fourth-order valence-electron chi connectivity index (χ4n) is 1.86. The van der Waals surface area contributed by atoms with Crippen molar-refractivity contribution in [2.45, 2.75) is 32.2 Å². The largest absolute Gasteiger partial charge is 0.396 e. The smallest absolute Gasteiger partial charge is 0.137 e. The highest BCUT2D eigenvalue weighted by atomic mass is 16.3. The molecule has 0 amide bonds. The van der Waals surface area contributed by atoms with Crippen LogP contribution in [0.1, 0.15) is 25.7 Å². The monoisotopic (exact) mass is 181 g/mol. The highest BCUT2D eigenvalue weighted by Gasteiger charge is 2.35. The van der Waals surface area contributed by atoms with E-state index in [0.717, 1.165) is 25.8 Å². The van der Waals surface area contributed by atoms with Crippen molar-refractivity contribution in [1.29, 1.82) is 0 Å². The number of aliphatic hydroxyl groups excluding tert-OH is 1. The van der Waals surface area contributed by atoms with E-state index in [-0.39, 0.29) is 5.41 Å². The van der Waals surface area contributed by atoms with E-state index < -0.39 is 0 Å². The van der Waals surface area contributed by atoms with Gasteiger partial charge in [0.2, 0.25) is 0 Å². The molecule has 0 saturated heterocycles. The number of hydrogen-bond acceptors (Lipinski definition) is 3. The van der Waals surface area contributed by atoms with E-state index >= 15 is 0 Å². The van der Waals surface area contributed by atoms with Gasteiger partial charge >= 0.3 is 0 Å². The van der Waals surface area contributed by atoms with E-state index in [1.807, 2.05) is 4.68 Å². The van der Waals surface area contributed by atoms with Crippen molar-refractivity contribution in [2.75, 3.05) is 6.61 Å². The van der Waals surface area contributed by atoms with Gasteiger partial charge in [-0.15, -0.1) is 0 Å². The Balaban J connectivity index is 1.84. The molecule has 1 heterocycles. The zero-order valence-electron chi connectivity index (χ0n) is 7.69. The van der Waals surface area contributed by atoms with E-state index in [9.17, 15) is 5.11 Å². The molecular weight excluding hydrogens is 166 g/mol. The summed E-state index contributed by atoms with van der Waals surface area (Å²) in [4.78, 5) is 3.88. The fourth-order valence-corrected chi connectivity index (χ4v) is 1.86. The SMILES string of the molecule is OCC1(CCn2cncn2)CCC1. The molecule has 0 aliphatic heterocycles. The van der Waals surface area contributed by atoms with Gasteiger partial charge in [-0.3, -0.25) is 4.68 Å². The number of hydrogen-bond donors (Lipinski definition) is 1. The van der Waals surface area contributed by atoms with E-state index in [1.165, 1.54) is 6.42 Å². The molecule has 4 heteroatoms. The standard InChI is InChI=1S/C9H15N3O/c13-6-9(2-1-3-9)4-5-12-8-10-7-11-12/h7-8,13H,1-6H2. The van der Waals surface area contributed by atoms with Crippen LogP contribution in [0.3, 0.4) is 0 Å². The summed E-state index contributed by atoms with van der Waals surface area (Å²) >= 11 is 0. The summed E-state index contributed by atoms with van der Waals surface area (Å²) < 4.78 is 1.83. The van der Waals surface area contributed by atoms with E-state index in [2.05, 4.69) is 10.1 Å². The third kappa shape index (κ3) is 1.72. The molecule has 13 heavy (non-hydrogen) atoms. The number of aryl methyl sites for hydroxylation is 1. The molecule has 1 aliphatic rings. The summed E-state index contributed by atoms with van der Waals surface area (Å²) in [6.45, 7) is 1.20. The Morgan fingerprint density at radius 1 is 1.46 bits per heavy atom. The molecule has 4 nitrogen and oxygen atoms in total. The predicted octanol–water partition coefficient (Wildman–Crippen LogP) is 0.831. The van der Waals surface area contributed by atoms with Crippen LogP contribution < -0.4 is 0 Å². The summed E-state index contributed by atoms with van der Waals surface area (Å²) in [5, 5.41) is 13.3. The predicted molar refractivity (Wildman–Crippen MR) is 48.0 cm³/mol. The summed E-state index contributed by atoms with van der Waals surface area (Å²) in [5.41, 5.74) is 0.200. The minimum Gasteiger partial charge on any atom is -0.396 e.